The molecule has 0 radical (unpaired) electrons. The summed E-state index contributed by atoms with van der Waals surface area (Å²) in [5, 5.41) is 2.80. The number of nitrogens with two attached hydrogens (primary N) is 1. The predicted octanol–water partition coefficient (Wildman–Crippen LogP) is 1.13. The first-order valence-corrected chi connectivity index (χ1v) is 5.29. The molecule has 0 saturated heterocycles. The summed E-state index contributed by atoms with van der Waals surface area (Å²) in [5.74, 6) is 0.134. The Hall–Kier alpha value is -2.14. The lowest BCUT2D eigenvalue weighted by Crippen LogP contribution is -2.18. The van der Waals surface area contributed by atoms with Crippen molar-refractivity contribution >= 4 is 11.6 Å². The minimum Gasteiger partial charge on any atom is -0.330 e. The molecule has 17 heavy (non-hydrogen) atoms. The summed E-state index contributed by atoms with van der Waals surface area (Å²) in [4.78, 5) is 15.9. The highest BCUT2D eigenvalue weighted by Gasteiger charge is 2.12. The normalized spacial score (nSPS) is 10.2. The van der Waals surface area contributed by atoms with Crippen LogP contribution in [0.4, 0.5) is 5.69 Å². The summed E-state index contributed by atoms with van der Waals surface area (Å²) in [7, 11) is 1.77. The van der Waals surface area contributed by atoms with Crippen LogP contribution in [0.25, 0.3) is 0 Å². The van der Waals surface area contributed by atoms with Gasteiger partial charge >= 0.3 is 0 Å². The molecule has 2 aromatic rings. The Kier molecular flexibility index (Phi) is 3.20. The van der Waals surface area contributed by atoms with Crippen LogP contribution in [-0.2, 0) is 13.6 Å². The molecule has 1 aromatic heterocycles. The summed E-state index contributed by atoms with van der Waals surface area (Å²) in [6, 6.07) is 7.45. The fourth-order valence-electron chi connectivity index (χ4n) is 1.58. The van der Waals surface area contributed by atoms with Crippen molar-refractivity contribution in [1.29, 1.82) is 0 Å². The van der Waals surface area contributed by atoms with Crippen molar-refractivity contribution in [1.82, 2.24) is 9.55 Å². The Morgan fingerprint density at radius 2 is 2.24 bits per heavy atom. The molecule has 0 bridgehead atoms. The third-order valence-electron chi connectivity index (χ3n) is 2.51. The van der Waals surface area contributed by atoms with E-state index in [1.54, 1.807) is 24.0 Å². The Morgan fingerprint density at radius 3 is 2.88 bits per heavy atom. The summed E-state index contributed by atoms with van der Waals surface area (Å²) >= 11 is 0. The van der Waals surface area contributed by atoms with Crippen molar-refractivity contribution in [2.45, 2.75) is 6.54 Å². The van der Waals surface area contributed by atoms with Crippen LogP contribution >= 0.6 is 0 Å². The van der Waals surface area contributed by atoms with Crippen molar-refractivity contribution in [3.8, 4) is 0 Å². The molecule has 0 fully saturated rings. The second-order valence-corrected chi connectivity index (χ2v) is 3.68. The highest BCUT2D eigenvalue weighted by atomic mass is 16.2. The number of aromatic nitrogens is 2. The molecule has 0 aliphatic carbocycles. The van der Waals surface area contributed by atoms with Crippen LogP contribution in [-0.4, -0.2) is 15.5 Å². The van der Waals surface area contributed by atoms with Crippen LogP contribution in [0.15, 0.2) is 36.7 Å². The van der Waals surface area contributed by atoms with E-state index in [4.69, 9.17) is 5.73 Å². The summed E-state index contributed by atoms with van der Waals surface area (Å²) in [6.07, 6.45) is 3.31. The number of amides is 1. The molecule has 0 spiro atoms. The first-order valence-electron chi connectivity index (χ1n) is 5.29. The number of benzene rings is 1. The Balaban J connectivity index is 2.22. The monoisotopic (exact) mass is 230 g/mol. The van der Waals surface area contributed by atoms with Gasteiger partial charge in [-0.1, -0.05) is 18.2 Å². The highest BCUT2D eigenvalue weighted by molar-refractivity contribution is 6.02. The van der Waals surface area contributed by atoms with E-state index in [-0.39, 0.29) is 5.91 Å². The van der Waals surface area contributed by atoms with Gasteiger partial charge < -0.3 is 15.6 Å². The maximum absolute atomic E-state index is 11.9. The molecule has 0 aliphatic heterocycles. The number of carbonyl (C=O) groups excluding carboxylic acids is 1. The van der Waals surface area contributed by atoms with Gasteiger partial charge in [-0.3, -0.25) is 4.79 Å². The van der Waals surface area contributed by atoms with E-state index in [1.807, 2.05) is 24.3 Å². The van der Waals surface area contributed by atoms with Gasteiger partial charge in [0.15, 0.2) is 5.82 Å². The summed E-state index contributed by atoms with van der Waals surface area (Å²) < 4.78 is 1.67. The standard InChI is InChI=1S/C12H14N4O/c1-16-7-6-14-11(16)12(17)15-10-5-3-2-4-9(10)8-13/h2-7H,8,13H2,1H3,(H,15,17). The Bertz CT molecular complexity index is 533. The quantitative estimate of drug-likeness (QED) is 0.830. The molecule has 3 N–H and O–H groups in total. The molecule has 5 nitrogen and oxygen atoms in total. The van der Waals surface area contributed by atoms with Gasteiger partial charge in [0.1, 0.15) is 0 Å². The van der Waals surface area contributed by atoms with Crippen molar-refractivity contribution in [3.05, 3.63) is 48.0 Å². The zero-order chi connectivity index (χ0) is 12.3. The predicted molar refractivity (Wildman–Crippen MR) is 65.5 cm³/mol. The number of imidazole rings is 1. The van der Waals surface area contributed by atoms with Crippen LogP contribution in [0.2, 0.25) is 0 Å². The number of rotatable bonds is 3. The maximum Gasteiger partial charge on any atom is 0.291 e. The van der Waals surface area contributed by atoms with Gasteiger partial charge in [0.05, 0.1) is 0 Å². The lowest BCUT2D eigenvalue weighted by atomic mass is 10.2. The van der Waals surface area contributed by atoms with E-state index in [2.05, 4.69) is 10.3 Å². The first-order chi connectivity index (χ1) is 8.22. The average molecular weight is 230 g/mol. The molecule has 0 atom stereocenters. The molecule has 2 rings (SSSR count). The zero-order valence-electron chi connectivity index (χ0n) is 9.55. The topological polar surface area (TPSA) is 72.9 Å². The van der Waals surface area contributed by atoms with E-state index >= 15 is 0 Å². The van der Waals surface area contributed by atoms with Gasteiger partial charge in [0.2, 0.25) is 0 Å². The van der Waals surface area contributed by atoms with Crippen molar-refractivity contribution in [2.24, 2.45) is 12.8 Å². The van der Waals surface area contributed by atoms with Crippen LogP contribution in [0.1, 0.15) is 16.2 Å². The number of aryl methyl sites for hydroxylation is 1. The third kappa shape index (κ3) is 2.34. The number of para-hydroxylation sites is 1. The average Bonchev–Trinajstić information content (AvgIpc) is 2.76. The minimum atomic E-state index is -0.238. The molecule has 0 aliphatic rings. The molecule has 1 aromatic carbocycles. The molecular weight excluding hydrogens is 216 g/mol. The molecule has 0 unspecified atom stereocenters. The fraction of sp³-hybridized carbons (Fsp3) is 0.167. The van der Waals surface area contributed by atoms with Crippen molar-refractivity contribution in [2.75, 3.05) is 5.32 Å². The van der Waals surface area contributed by atoms with E-state index in [1.165, 1.54) is 0 Å². The number of carbonyl (C=O) groups is 1. The Labute approximate surface area is 99.3 Å². The van der Waals surface area contributed by atoms with Gasteiger partial charge in [-0.2, -0.15) is 0 Å². The number of hydrogen-bond donors (Lipinski definition) is 2. The molecule has 0 saturated carbocycles. The smallest absolute Gasteiger partial charge is 0.291 e. The summed E-state index contributed by atoms with van der Waals surface area (Å²) in [5.41, 5.74) is 7.23. The van der Waals surface area contributed by atoms with E-state index in [9.17, 15) is 4.79 Å². The van der Waals surface area contributed by atoms with Crippen LogP contribution in [0.5, 0.6) is 0 Å². The lowest BCUT2D eigenvalue weighted by molar-refractivity contribution is 0.101. The maximum atomic E-state index is 11.9. The van der Waals surface area contributed by atoms with Gasteiger partial charge in [-0.15, -0.1) is 0 Å². The molecule has 1 amide bonds. The summed E-state index contributed by atoms with van der Waals surface area (Å²) in [6.45, 7) is 0.386. The number of anilines is 1. The van der Waals surface area contributed by atoms with Crippen molar-refractivity contribution < 1.29 is 4.79 Å². The van der Waals surface area contributed by atoms with Gasteiger partial charge in [-0.25, -0.2) is 4.98 Å². The van der Waals surface area contributed by atoms with E-state index in [0.717, 1.165) is 11.3 Å². The van der Waals surface area contributed by atoms with Crippen LogP contribution < -0.4 is 11.1 Å². The second-order valence-electron chi connectivity index (χ2n) is 3.68. The van der Waals surface area contributed by atoms with E-state index in [0.29, 0.717) is 12.4 Å². The van der Waals surface area contributed by atoms with Crippen LogP contribution in [0, 0.1) is 0 Å². The molecule has 1 heterocycles. The number of nitrogens with one attached hydrogen (secondary N) is 1. The minimum absolute atomic E-state index is 0.238. The largest absolute Gasteiger partial charge is 0.330 e. The van der Waals surface area contributed by atoms with E-state index < -0.39 is 0 Å². The van der Waals surface area contributed by atoms with Gasteiger partial charge in [0, 0.05) is 31.7 Å². The second kappa shape index (κ2) is 4.80. The zero-order valence-corrected chi connectivity index (χ0v) is 9.55. The Morgan fingerprint density at radius 1 is 1.47 bits per heavy atom. The van der Waals surface area contributed by atoms with Gasteiger partial charge in [-0.05, 0) is 11.6 Å². The lowest BCUT2D eigenvalue weighted by Gasteiger charge is -2.09. The molecule has 88 valence electrons. The third-order valence-corrected chi connectivity index (χ3v) is 2.51. The molecular formula is C12H14N4O. The fourth-order valence-corrected chi connectivity index (χ4v) is 1.58. The van der Waals surface area contributed by atoms with Crippen LogP contribution in [0.3, 0.4) is 0 Å². The number of hydrogen-bond acceptors (Lipinski definition) is 3. The highest BCUT2D eigenvalue weighted by Crippen LogP contribution is 2.14. The molecule has 5 heteroatoms. The number of nitrogens with zero attached hydrogens (tertiary/aromatic N) is 2. The SMILES string of the molecule is Cn1ccnc1C(=O)Nc1ccccc1CN. The van der Waals surface area contributed by atoms with Crippen molar-refractivity contribution in [3.63, 3.8) is 0 Å². The van der Waals surface area contributed by atoms with Gasteiger partial charge in [0.25, 0.3) is 5.91 Å². The first kappa shape index (κ1) is 11.3.